The number of aromatic nitrogens is 1. The summed E-state index contributed by atoms with van der Waals surface area (Å²) in [4.78, 5) is 21.5. The molecule has 11 heteroatoms. The third kappa shape index (κ3) is 4.68. The fraction of sp³-hybridized carbons (Fsp3) is 0.429. The highest BCUT2D eigenvalue weighted by molar-refractivity contribution is 7.89. The van der Waals surface area contributed by atoms with Gasteiger partial charge in [0.25, 0.3) is 5.91 Å². The number of carbonyl (C=O) groups excluding carboxylic acids is 1. The summed E-state index contributed by atoms with van der Waals surface area (Å²) in [5.74, 6) is 0.889. The van der Waals surface area contributed by atoms with Gasteiger partial charge >= 0.3 is 0 Å². The number of ether oxygens (including phenoxy) is 2. The highest BCUT2D eigenvalue weighted by Gasteiger charge is 2.30. The zero-order valence-corrected chi connectivity index (χ0v) is 19.3. The smallest absolute Gasteiger partial charge is 0.257 e. The summed E-state index contributed by atoms with van der Waals surface area (Å²) >= 11 is 5.91. The third-order valence-electron chi connectivity index (χ3n) is 5.61. The van der Waals surface area contributed by atoms with Crippen LogP contribution in [-0.2, 0) is 14.8 Å². The Morgan fingerprint density at radius 1 is 1.06 bits per heavy atom. The van der Waals surface area contributed by atoms with Gasteiger partial charge in [0.15, 0.2) is 0 Å². The third-order valence-corrected chi connectivity index (χ3v) is 7.73. The molecule has 4 rings (SSSR count). The molecule has 0 radical (unpaired) electrons. The van der Waals surface area contributed by atoms with E-state index < -0.39 is 10.0 Å². The number of amides is 1. The molecule has 2 aliphatic rings. The van der Waals surface area contributed by atoms with Gasteiger partial charge in [0.1, 0.15) is 11.6 Å². The average molecular weight is 481 g/mol. The number of piperazine rings is 1. The zero-order chi connectivity index (χ0) is 22.7. The minimum atomic E-state index is -3.72. The molecule has 0 saturated carbocycles. The van der Waals surface area contributed by atoms with Gasteiger partial charge in [-0.2, -0.15) is 4.31 Å². The van der Waals surface area contributed by atoms with Gasteiger partial charge in [-0.05, 0) is 30.3 Å². The number of anilines is 1. The molecule has 0 aliphatic carbocycles. The van der Waals surface area contributed by atoms with Gasteiger partial charge in [-0.3, -0.25) is 4.79 Å². The Hall–Kier alpha value is -2.40. The van der Waals surface area contributed by atoms with Crippen LogP contribution < -0.4 is 9.64 Å². The van der Waals surface area contributed by atoms with Crippen LogP contribution in [0.15, 0.2) is 41.4 Å². The topological polar surface area (TPSA) is 92.3 Å². The Bertz CT molecular complexity index is 1070. The molecule has 0 atom stereocenters. The van der Waals surface area contributed by atoms with E-state index in [1.807, 2.05) is 6.07 Å². The first kappa shape index (κ1) is 22.8. The van der Waals surface area contributed by atoms with Gasteiger partial charge in [-0.25, -0.2) is 13.4 Å². The molecule has 0 spiro atoms. The molecule has 0 bridgehead atoms. The average Bonchev–Trinajstić information content (AvgIpc) is 2.84. The number of rotatable bonds is 5. The molecule has 0 unspecified atom stereocenters. The number of halogens is 1. The maximum Gasteiger partial charge on any atom is 0.257 e. The Kier molecular flexibility index (Phi) is 6.85. The van der Waals surface area contributed by atoms with Crippen molar-refractivity contribution in [3.8, 4) is 5.75 Å². The predicted molar refractivity (Wildman–Crippen MR) is 120 cm³/mol. The van der Waals surface area contributed by atoms with Crippen molar-refractivity contribution in [2.24, 2.45) is 0 Å². The summed E-state index contributed by atoms with van der Waals surface area (Å²) in [6.07, 6.45) is 1.60. The van der Waals surface area contributed by atoms with Crippen molar-refractivity contribution in [2.75, 3.05) is 64.5 Å². The molecule has 9 nitrogen and oxygen atoms in total. The number of hydrogen-bond donors (Lipinski definition) is 0. The van der Waals surface area contributed by atoms with Crippen molar-refractivity contribution < 1.29 is 22.7 Å². The minimum absolute atomic E-state index is 0.0764. The van der Waals surface area contributed by atoms with Gasteiger partial charge in [0, 0.05) is 45.5 Å². The van der Waals surface area contributed by atoms with E-state index in [2.05, 4.69) is 9.88 Å². The lowest BCUT2D eigenvalue weighted by molar-refractivity contribution is 0.0728. The van der Waals surface area contributed by atoms with Crippen LogP contribution in [0.4, 0.5) is 5.82 Å². The summed E-state index contributed by atoms with van der Waals surface area (Å²) in [5.41, 5.74) is 0.236. The minimum Gasteiger partial charge on any atom is -0.496 e. The number of morpholine rings is 1. The molecular formula is C21H25ClN4O5S. The van der Waals surface area contributed by atoms with Crippen LogP contribution in [-0.4, -0.2) is 88.1 Å². The lowest BCUT2D eigenvalue weighted by atomic mass is 10.1. The molecule has 1 aromatic carbocycles. The van der Waals surface area contributed by atoms with Crippen LogP contribution in [0.2, 0.25) is 5.02 Å². The Morgan fingerprint density at radius 2 is 1.78 bits per heavy atom. The second kappa shape index (κ2) is 9.62. The first-order valence-electron chi connectivity index (χ1n) is 10.3. The summed E-state index contributed by atoms with van der Waals surface area (Å²) in [6, 6.07) is 8.06. The fourth-order valence-corrected chi connectivity index (χ4v) is 5.36. The normalized spacial score (nSPS) is 17.9. The highest BCUT2D eigenvalue weighted by Crippen LogP contribution is 2.27. The molecule has 2 aromatic rings. The Morgan fingerprint density at radius 3 is 2.41 bits per heavy atom. The second-order valence-electron chi connectivity index (χ2n) is 7.49. The van der Waals surface area contributed by atoms with E-state index in [0.717, 1.165) is 5.82 Å². The molecule has 2 aliphatic heterocycles. The molecule has 0 N–H and O–H groups in total. The summed E-state index contributed by atoms with van der Waals surface area (Å²) in [5, 5.41) is 0.571. The quantitative estimate of drug-likeness (QED) is 0.643. The summed E-state index contributed by atoms with van der Waals surface area (Å²) in [7, 11) is -2.26. The van der Waals surface area contributed by atoms with Crippen molar-refractivity contribution in [1.29, 1.82) is 0 Å². The van der Waals surface area contributed by atoms with Gasteiger partial charge in [0.2, 0.25) is 10.0 Å². The lowest BCUT2D eigenvalue weighted by Gasteiger charge is -2.35. The highest BCUT2D eigenvalue weighted by atomic mass is 35.5. The molecule has 1 amide bonds. The van der Waals surface area contributed by atoms with Crippen molar-refractivity contribution in [3.05, 3.63) is 47.1 Å². The maximum absolute atomic E-state index is 13.3. The van der Waals surface area contributed by atoms with Crippen LogP contribution in [0.5, 0.6) is 5.75 Å². The van der Waals surface area contributed by atoms with E-state index in [4.69, 9.17) is 21.1 Å². The lowest BCUT2D eigenvalue weighted by Crippen LogP contribution is -2.49. The summed E-state index contributed by atoms with van der Waals surface area (Å²) < 4.78 is 38.1. The number of methoxy groups -OCH3 is 1. The van der Waals surface area contributed by atoms with Crippen molar-refractivity contribution >= 4 is 33.3 Å². The predicted octanol–water partition coefficient (Wildman–Crippen LogP) is 1.73. The monoisotopic (exact) mass is 480 g/mol. The van der Waals surface area contributed by atoms with Gasteiger partial charge in [-0.1, -0.05) is 11.6 Å². The van der Waals surface area contributed by atoms with Crippen LogP contribution in [0.25, 0.3) is 0 Å². The van der Waals surface area contributed by atoms with E-state index in [1.165, 1.54) is 29.6 Å². The largest absolute Gasteiger partial charge is 0.496 e. The molecule has 2 saturated heterocycles. The standard InChI is InChI=1S/C21H25ClN4O5S/c1-30-19-4-3-17(32(28,29)26-10-12-31-13-11-26)14-18(19)21(27)25-8-6-24(7-9-25)20-5-2-16(22)15-23-20/h2-5,14-15H,6-13H2,1H3. The number of benzene rings is 1. The van der Waals surface area contributed by atoms with Crippen LogP contribution in [0, 0.1) is 0 Å². The van der Waals surface area contributed by atoms with E-state index in [9.17, 15) is 13.2 Å². The Balaban J connectivity index is 1.52. The number of hydrogen-bond acceptors (Lipinski definition) is 7. The van der Waals surface area contributed by atoms with Gasteiger partial charge < -0.3 is 19.3 Å². The van der Waals surface area contributed by atoms with E-state index in [1.54, 1.807) is 17.2 Å². The van der Waals surface area contributed by atoms with Crippen molar-refractivity contribution in [3.63, 3.8) is 0 Å². The van der Waals surface area contributed by atoms with E-state index >= 15 is 0 Å². The van der Waals surface area contributed by atoms with Crippen LogP contribution in [0.3, 0.4) is 0 Å². The summed E-state index contributed by atoms with van der Waals surface area (Å²) in [6.45, 7) is 3.46. The number of pyridine rings is 1. The fourth-order valence-electron chi connectivity index (χ4n) is 3.81. The van der Waals surface area contributed by atoms with Crippen molar-refractivity contribution in [1.82, 2.24) is 14.2 Å². The van der Waals surface area contributed by atoms with Crippen LogP contribution >= 0.6 is 11.6 Å². The molecule has 1 aromatic heterocycles. The first-order valence-corrected chi connectivity index (χ1v) is 12.1. The van der Waals surface area contributed by atoms with Gasteiger partial charge in [0.05, 0.1) is 35.8 Å². The zero-order valence-electron chi connectivity index (χ0n) is 17.7. The Labute approximate surface area is 192 Å². The first-order chi connectivity index (χ1) is 15.4. The second-order valence-corrected chi connectivity index (χ2v) is 9.87. The molecule has 2 fully saturated rings. The van der Waals surface area contributed by atoms with E-state index in [0.29, 0.717) is 63.3 Å². The number of sulfonamides is 1. The molecule has 3 heterocycles. The van der Waals surface area contributed by atoms with E-state index in [-0.39, 0.29) is 16.4 Å². The van der Waals surface area contributed by atoms with Crippen LogP contribution in [0.1, 0.15) is 10.4 Å². The van der Waals surface area contributed by atoms with Crippen molar-refractivity contribution in [2.45, 2.75) is 4.90 Å². The number of carbonyl (C=O) groups is 1. The molecule has 172 valence electrons. The molecule has 32 heavy (non-hydrogen) atoms. The molecular weight excluding hydrogens is 456 g/mol. The number of nitrogens with zero attached hydrogens (tertiary/aromatic N) is 4. The SMILES string of the molecule is COc1ccc(S(=O)(=O)N2CCOCC2)cc1C(=O)N1CCN(c2ccc(Cl)cn2)CC1. The van der Waals surface area contributed by atoms with Gasteiger partial charge in [-0.15, -0.1) is 0 Å². The maximum atomic E-state index is 13.3.